The Kier molecular flexibility index (Phi) is 14.3. The predicted molar refractivity (Wildman–Crippen MR) is 122 cm³/mol. The number of unbranched alkanes of at least 4 members (excludes halogenated alkanes) is 10. The van der Waals surface area contributed by atoms with Crippen LogP contribution >= 0.6 is 0 Å². The number of anilines is 1. The summed E-state index contributed by atoms with van der Waals surface area (Å²) in [6, 6.07) is 5.22. The van der Waals surface area contributed by atoms with Crippen LogP contribution in [0.2, 0.25) is 0 Å². The van der Waals surface area contributed by atoms with Crippen LogP contribution in [0.3, 0.4) is 0 Å². The average molecular weight is 406 g/mol. The molecule has 0 spiro atoms. The Labute approximate surface area is 178 Å². The third-order valence-corrected chi connectivity index (χ3v) is 5.51. The van der Waals surface area contributed by atoms with Crippen molar-refractivity contribution >= 4 is 11.6 Å². The number of aliphatic hydroxyl groups excluding tert-OH is 1. The van der Waals surface area contributed by atoms with Crippen LogP contribution in [0.4, 0.5) is 5.69 Å². The lowest BCUT2D eigenvalue weighted by molar-refractivity contribution is -0.116. The highest BCUT2D eigenvalue weighted by atomic mass is 16.3. The van der Waals surface area contributed by atoms with Crippen LogP contribution in [0, 0.1) is 6.92 Å². The Morgan fingerprint density at radius 3 is 2.07 bits per heavy atom. The Morgan fingerprint density at radius 2 is 1.45 bits per heavy atom. The lowest BCUT2D eigenvalue weighted by Crippen LogP contribution is -2.11. The summed E-state index contributed by atoms with van der Waals surface area (Å²) < 4.78 is 0. The van der Waals surface area contributed by atoms with Gasteiger partial charge in [-0.05, 0) is 43.9 Å². The molecule has 1 aromatic carbocycles. The highest BCUT2D eigenvalue weighted by Crippen LogP contribution is 2.24. The molecule has 1 rings (SSSR count). The number of hydrogen-bond acceptors (Lipinski definition) is 3. The number of aryl methyl sites for hydroxylation is 1. The lowest BCUT2D eigenvalue weighted by atomic mass is 10.0. The van der Waals surface area contributed by atoms with Gasteiger partial charge in [0.2, 0.25) is 5.91 Å². The van der Waals surface area contributed by atoms with Gasteiger partial charge in [-0.3, -0.25) is 4.79 Å². The molecule has 0 radical (unpaired) electrons. The van der Waals surface area contributed by atoms with E-state index in [9.17, 15) is 15.0 Å². The molecule has 3 N–H and O–H groups in total. The molecule has 29 heavy (non-hydrogen) atoms. The quantitative estimate of drug-likeness (QED) is 0.196. The number of phenols is 1. The van der Waals surface area contributed by atoms with E-state index >= 15 is 0 Å². The van der Waals surface area contributed by atoms with Gasteiger partial charge >= 0.3 is 0 Å². The van der Waals surface area contributed by atoms with Crippen molar-refractivity contribution < 1.29 is 15.0 Å². The minimum atomic E-state index is -0.0975. The van der Waals surface area contributed by atoms with Gasteiger partial charge in [-0.2, -0.15) is 0 Å². The van der Waals surface area contributed by atoms with Gasteiger partial charge in [0, 0.05) is 6.42 Å². The number of nitrogens with one attached hydrogen (secondary N) is 1. The van der Waals surface area contributed by atoms with Crippen molar-refractivity contribution in [1.29, 1.82) is 0 Å². The maximum absolute atomic E-state index is 12.0. The molecule has 4 heteroatoms. The first-order valence-corrected chi connectivity index (χ1v) is 11.8. The number of carbonyl (C=O) groups excluding carboxylic acids is 1. The fourth-order valence-corrected chi connectivity index (χ4v) is 3.64. The van der Waals surface area contributed by atoms with Gasteiger partial charge in [-0.1, -0.05) is 83.6 Å². The van der Waals surface area contributed by atoms with Crippen LogP contribution in [-0.2, 0) is 4.79 Å². The topological polar surface area (TPSA) is 69.6 Å². The first kappa shape index (κ1) is 25.5. The minimum absolute atomic E-state index is 0.0286. The maximum atomic E-state index is 12.0. The standard InChI is InChI=1S/C25H43NO3/c1-3-4-5-12-15-22(27)16-13-10-8-6-7-9-11-14-17-25(29)26-23-20-21(2)18-19-24(23)28/h18-20,22,27-28H,3-17H2,1-2H3,(H,26,29). The lowest BCUT2D eigenvalue weighted by Gasteiger charge is -2.10. The first-order valence-electron chi connectivity index (χ1n) is 11.8. The number of rotatable bonds is 17. The largest absolute Gasteiger partial charge is 0.506 e. The van der Waals surface area contributed by atoms with Crippen molar-refractivity contribution in [2.24, 2.45) is 0 Å². The van der Waals surface area contributed by atoms with Crippen molar-refractivity contribution in [1.82, 2.24) is 0 Å². The zero-order valence-corrected chi connectivity index (χ0v) is 18.7. The van der Waals surface area contributed by atoms with E-state index in [1.807, 2.05) is 13.0 Å². The molecule has 0 aliphatic heterocycles. The number of phenolic OH excluding ortho intramolecular Hbond substituents is 1. The molecule has 166 valence electrons. The van der Waals surface area contributed by atoms with Crippen LogP contribution in [0.15, 0.2) is 18.2 Å². The number of aliphatic hydroxyl groups is 1. The molecule has 0 heterocycles. The van der Waals surface area contributed by atoms with E-state index in [1.165, 1.54) is 57.8 Å². The normalized spacial score (nSPS) is 12.1. The van der Waals surface area contributed by atoms with Gasteiger partial charge < -0.3 is 15.5 Å². The van der Waals surface area contributed by atoms with Gasteiger partial charge in [0.1, 0.15) is 5.75 Å². The fraction of sp³-hybridized carbons (Fsp3) is 0.720. The number of hydrogen-bond donors (Lipinski definition) is 3. The third-order valence-electron chi connectivity index (χ3n) is 5.51. The van der Waals surface area contributed by atoms with E-state index in [-0.39, 0.29) is 17.8 Å². The predicted octanol–water partition coefficient (Wildman–Crippen LogP) is 6.87. The fourth-order valence-electron chi connectivity index (χ4n) is 3.64. The molecule has 1 aromatic rings. The molecule has 0 aromatic heterocycles. The molecule has 1 atom stereocenters. The summed E-state index contributed by atoms with van der Waals surface area (Å²) in [5.74, 6) is 0.0899. The second-order valence-electron chi connectivity index (χ2n) is 8.44. The van der Waals surface area contributed by atoms with Crippen molar-refractivity contribution in [2.45, 2.75) is 116 Å². The van der Waals surface area contributed by atoms with Crippen LogP contribution in [0.5, 0.6) is 5.75 Å². The van der Waals surface area contributed by atoms with Gasteiger partial charge in [0.15, 0.2) is 0 Å². The van der Waals surface area contributed by atoms with Crippen LogP contribution in [-0.4, -0.2) is 22.2 Å². The number of amides is 1. The number of aromatic hydroxyl groups is 1. The second-order valence-corrected chi connectivity index (χ2v) is 8.44. The van der Waals surface area contributed by atoms with E-state index < -0.39 is 0 Å². The monoisotopic (exact) mass is 405 g/mol. The highest BCUT2D eigenvalue weighted by Gasteiger charge is 2.07. The summed E-state index contributed by atoms with van der Waals surface area (Å²) in [6.45, 7) is 4.15. The molecule has 1 unspecified atom stereocenters. The van der Waals surface area contributed by atoms with Crippen LogP contribution in [0.25, 0.3) is 0 Å². The number of carbonyl (C=O) groups is 1. The van der Waals surface area contributed by atoms with Gasteiger partial charge in [0.25, 0.3) is 0 Å². The summed E-state index contributed by atoms with van der Waals surface area (Å²) in [4.78, 5) is 12.0. The SMILES string of the molecule is CCCCCCC(O)CCCCCCCCCCC(=O)Nc1cc(C)ccc1O. The molecule has 0 bridgehead atoms. The van der Waals surface area contributed by atoms with Crippen molar-refractivity contribution in [3.05, 3.63) is 23.8 Å². The molecule has 0 saturated carbocycles. The zero-order valence-electron chi connectivity index (χ0n) is 18.7. The Morgan fingerprint density at radius 1 is 0.897 bits per heavy atom. The van der Waals surface area contributed by atoms with E-state index in [0.717, 1.165) is 37.7 Å². The summed E-state index contributed by atoms with van der Waals surface area (Å²) >= 11 is 0. The zero-order chi connectivity index (χ0) is 21.3. The summed E-state index contributed by atoms with van der Waals surface area (Å²) in [6.07, 6.45) is 16.5. The van der Waals surface area contributed by atoms with E-state index in [0.29, 0.717) is 12.1 Å². The first-order chi connectivity index (χ1) is 14.0. The second kappa shape index (κ2) is 16.3. The Balaban J connectivity index is 1.92. The average Bonchev–Trinajstić information content (AvgIpc) is 2.69. The Hall–Kier alpha value is -1.55. The molecule has 0 saturated heterocycles. The van der Waals surface area contributed by atoms with E-state index in [4.69, 9.17) is 0 Å². The molecule has 0 aliphatic carbocycles. The minimum Gasteiger partial charge on any atom is -0.506 e. The van der Waals surface area contributed by atoms with E-state index in [2.05, 4.69) is 12.2 Å². The van der Waals surface area contributed by atoms with Gasteiger partial charge in [0.05, 0.1) is 11.8 Å². The Bertz CT molecular complexity index is 559. The van der Waals surface area contributed by atoms with Crippen molar-refractivity contribution in [3.63, 3.8) is 0 Å². The summed E-state index contributed by atoms with van der Waals surface area (Å²) in [5, 5.41) is 22.5. The summed E-state index contributed by atoms with van der Waals surface area (Å²) in [7, 11) is 0. The highest BCUT2D eigenvalue weighted by molar-refractivity contribution is 5.92. The van der Waals surface area contributed by atoms with Crippen LogP contribution in [0.1, 0.15) is 109 Å². The smallest absolute Gasteiger partial charge is 0.224 e. The maximum Gasteiger partial charge on any atom is 0.224 e. The van der Waals surface area contributed by atoms with Gasteiger partial charge in [-0.15, -0.1) is 0 Å². The van der Waals surface area contributed by atoms with E-state index in [1.54, 1.807) is 12.1 Å². The molecule has 1 amide bonds. The molecular weight excluding hydrogens is 362 g/mol. The molecule has 4 nitrogen and oxygen atoms in total. The van der Waals surface area contributed by atoms with Crippen LogP contribution < -0.4 is 5.32 Å². The van der Waals surface area contributed by atoms with Crippen molar-refractivity contribution in [3.8, 4) is 5.75 Å². The van der Waals surface area contributed by atoms with Gasteiger partial charge in [-0.25, -0.2) is 0 Å². The molecule has 0 fully saturated rings. The van der Waals surface area contributed by atoms with Crippen molar-refractivity contribution in [2.75, 3.05) is 5.32 Å². The number of benzene rings is 1. The third kappa shape index (κ3) is 13.3. The summed E-state index contributed by atoms with van der Waals surface area (Å²) in [5.41, 5.74) is 1.51. The molecule has 0 aliphatic rings. The molecular formula is C25H43NO3.